The van der Waals surface area contributed by atoms with Gasteiger partial charge in [-0.25, -0.2) is 4.98 Å². The molecule has 0 saturated carbocycles. The minimum atomic E-state index is -0.814. The van der Waals surface area contributed by atoms with E-state index in [0.29, 0.717) is 0 Å². The number of carboxylic acid groups (broad SMARTS) is 1. The summed E-state index contributed by atoms with van der Waals surface area (Å²) in [6, 6.07) is 0. The Morgan fingerprint density at radius 1 is 1.44 bits per heavy atom. The maximum atomic E-state index is 10.7. The third-order valence-corrected chi connectivity index (χ3v) is 3.46. The molecule has 0 aliphatic heterocycles. The number of aryl methyl sites for hydroxylation is 1. The second kappa shape index (κ2) is 5.96. The van der Waals surface area contributed by atoms with Gasteiger partial charge in [-0.1, -0.05) is 13.8 Å². The molecule has 1 aromatic heterocycles. The second-order valence-corrected chi connectivity index (χ2v) is 4.92. The number of hydrogen-bond donors (Lipinski definition) is 1. The average molecular weight is 242 g/mol. The third-order valence-electron chi connectivity index (χ3n) is 2.47. The highest BCUT2D eigenvalue weighted by Gasteiger charge is 2.14. The molecule has 0 saturated heterocycles. The standard InChI is InChI=1S/C11H18N2O2S/c1-4-13(5-2)7-10-9(6-11(14)15)12-8(3)16-10/h4-7H2,1-3H3,(H,14,15). The van der Waals surface area contributed by atoms with Crippen LogP contribution in [0.4, 0.5) is 0 Å². The number of aromatic nitrogens is 1. The highest BCUT2D eigenvalue weighted by atomic mass is 32.1. The predicted octanol–water partition coefficient (Wildman–Crippen LogP) is 1.92. The Balaban J connectivity index is 2.81. The Kier molecular flexibility index (Phi) is 4.89. The second-order valence-electron chi connectivity index (χ2n) is 3.63. The van der Waals surface area contributed by atoms with Gasteiger partial charge in [-0.15, -0.1) is 11.3 Å². The number of rotatable bonds is 6. The van der Waals surface area contributed by atoms with Crippen LogP contribution in [0.3, 0.4) is 0 Å². The van der Waals surface area contributed by atoms with Crippen molar-refractivity contribution >= 4 is 17.3 Å². The van der Waals surface area contributed by atoms with E-state index in [-0.39, 0.29) is 6.42 Å². The largest absolute Gasteiger partial charge is 0.481 e. The van der Waals surface area contributed by atoms with Crippen molar-refractivity contribution in [3.05, 3.63) is 15.6 Å². The van der Waals surface area contributed by atoms with E-state index in [1.807, 2.05) is 6.92 Å². The molecule has 0 atom stereocenters. The monoisotopic (exact) mass is 242 g/mol. The van der Waals surface area contributed by atoms with Crippen molar-refractivity contribution in [1.29, 1.82) is 0 Å². The minimum absolute atomic E-state index is 0.0287. The van der Waals surface area contributed by atoms with Crippen LogP contribution in [0.5, 0.6) is 0 Å². The zero-order chi connectivity index (χ0) is 12.1. The van der Waals surface area contributed by atoms with Gasteiger partial charge in [0.15, 0.2) is 0 Å². The molecule has 0 radical (unpaired) electrons. The molecular formula is C11H18N2O2S. The van der Waals surface area contributed by atoms with Crippen molar-refractivity contribution < 1.29 is 9.90 Å². The van der Waals surface area contributed by atoms with Crippen LogP contribution in [0.1, 0.15) is 29.4 Å². The molecule has 0 fully saturated rings. The fraction of sp³-hybridized carbons (Fsp3) is 0.636. The van der Waals surface area contributed by atoms with Gasteiger partial charge in [-0.2, -0.15) is 0 Å². The molecule has 1 aromatic rings. The van der Waals surface area contributed by atoms with Crippen molar-refractivity contribution in [2.24, 2.45) is 0 Å². The van der Waals surface area contributed by atoms with Crippen LogP contribution in [-0.2, 0) is 17.8 Å². The molecule has 0 aliphatic rings. The summed E-state index contributed by atoms with van der Waals surface area (Å²) in [5.41, 5.74) is 0.724. The zero-order valence-corrected chi connectivity index (χ0v) is 10.8. The van der Waals surface area contributed by atoms with Crippen LogP contribution < -0.4 is 0 Å². The van der Waals surface area contributed by atoms with Crippen molar-refractivity contribution in [3.8, 4) is 0 Å². The van der Waals surface area contributed by atoms with Gasteiger partial charge >= 0.3 is 5.97 Å². The van der Waals surface area contributed by atoms with Crippen LogP contribution in [0, 0.1) is 6.92 Å². The topological polar surface area (TPSA) is 53.4 Å². The highest BCUT2D eigenvalue weighted by Crippen LogP contribution is 2.20. The lowest BCUT2D eigenvalue weighted by Gasteiger charge is -2.17. The molecule has 90 valence electrons. The fourth-order valence-corrected chi connectivity index (χ4v) is 2.56. The van der Waals surface area contributed by atoms with E-state index in [0.717, 1.165) is 35.2 Å². The SMILES string of the molecule is CCN(CC)Cc1sc(C)nc1CC(=O)O. The van der Waals surface area contributed by atoms with Crippen molar-refractivity contribution in [3.63, 3.8) is 0 Å². The summed E-state index contributed by atoms with van der Waals surface area (Å²) in [5, 5.41) is 9.74. The van der Waals surface area contributed by atoms with E-state index in [2.05, 4.69) is 23.7 Å². The number of aliphatic carboxylic acids is 1. The van der Waals surface area contributed by atoms with Gasteiger partial charge in [0.1, 0.15) is 0 Å². The van der Waals surface area contributed by atoms with Crippen molar-refractivity contribution in [2.45, 2.75) is 33.7 Å². The smallest absolute Gasteiger partial charge is 0.309 e. The lowest BCUT2D eigenvalue weighted by molar-refractivity contribution is -0.136. The Hall–Kier alpha value is -0.940. The number of thiazole rings is 1. The molecule has 0 amide bonds. The van der Waals surface area contributed by atoms with Gasteiger partial charge in [-0.05, 0) is 20.0 Å². The van der Waals surface area contributed by atoms with Crippen LogP contribution in [0.2, 0.25) is 0 Å². The summed E-state index contributed by atoms with van der Waals surface area (Å²) < 4.78 is 0. The molecule has 1 rings (SSSR count). The lowest BCUT2D eigenvalue weighted by atomic mass is 10.2. The van der Waals surface area contributed by atoms with Crippen molar-refractivity contribution in [1.82, 2.24) is 9.88 Å². The zero-order valence-electron chi connectivity index (χ0n) is 9.99. The molecule has 4 nitrogen and oxygen atoms in total. The molecule has 0 spiro atoms. The summed E-state index contributed by atoms with van der Waals surface area (Å²) in [6.45, 7) is 8.88. The van der Waals surface area contributed by atoms with E-state index >= 15 is 0 Å². The minimum Gasteiger partial charge on any atom is -0.481 e. The first kappa shape index (κ1) is 13.1. The predicted molar refractivity (Wildman–Crippen MR) is 64.8 cm³/mol. The first-order valence-corrected chi connectivity index (χ1v) is 6.27. The van der Waals surface area contributed by atoms with Gasteiger partial charge < -0.3 is 5.11 Å². The Morgan fingerprint density at radius 2 is 2.06 bits per heavy atom. The van der Waals surface area contributed by atoms with Gasteiger partial charge in [0, 0.05) is 11.4 Å². The normalized spacial score (nSPS) is 11.0. The Morgan fingerprint density at radius 3 is 2.56 bits per heavy atom. The molecule has 16 heavy (non-hydrogen) atoms. The molecule has 0 aliphatic carbocycles. The fourth-order valence-electron chi connectivity index (χ4n) is 1.57. The van der Waals surface area contributed by atoms with Crippen LogP contribution >= 0.6 is 11.3 Å². The molecular weight excluding hydrogens is 224 g/mol. The number of hydrogen-bond acceptors (Lipinski definition) is 4. The summed E-state index contributed by atoms with van der Waals surface area (Å²) in [7, 11) is 0. The molecule has 5 heteroatoms. The Labute approximate surface area is 99.9 Å². The van der Waals surface area contributed by atoms with Crippen LogP contribution in [0.15, 0.2) is 0 Å². The van der Waals surface area contributed by atoms with Gasteiger partial charge in [0.2, 0.25) is 0 Å². The number of carboxylic acids is 1. The van der Waals surface area contributed by atoms with Gasteiger partial charge in [0.05, 0.1) is 17.1 Å². The molecule has 0 bridgehead atoms. The number of carbonyl (C=O) groups is 1. The van der Waals surface area contributed by atoms with Crippen LogP contribution in [-0.4, -0.2) is 34.0 Å². The molecule has 0 aromatic carbocycles. The van der Waals surface area contributed by atoms with E-state index in [1.54, 1.807) is 11.3 Å². The molecule has 0 unspecified atom stereocenters. The Bertz CT molecular complexity index is 359. The maximum absolute atomic E-state index is 10.7. The van der Waals surface area contributed by atoms with E-state index in [4.69, 9.17) is 5.11 Å². The van der Waals surface area contributed by atoms with E-state index < -0.39 is 5.97 Å². The van der Waals surface area contributed by atoms with Gasteiger partial charge in [0.25, 0.3) is 0 Å². The van der Waals surface area contributed by atoms with Gasteiger partial charge in [-0.3, -0.25) is 9.69 Å². The summed E-state index contributed by atoms with van der Waals surface area (Å²) in [4.78, 5) is 18.3. The first-order chi connectivity index (χ1) is 7.56. The molecule has 1 N–H and O–H groups in total. The van der Waals surface area contributed by atoms with E-state index in [1.165, 1.54) is 0 Å². The quantitative estimate of drug-likeness (QED) is 0.828. The lowest BCUT2D eigenvalue weighted by Crippen LogP contribution is -2.22. The average Bonchev–Trinajstić information content (AvgIpc) is 2.54. The molecule has 1 heterocycles. The number of nitrogens with zero attached hydrogens (tertiary/aromatic N) is 2. The summed E-state index contributed by atoms with van der Waals surface area (Å²) >= 11 is 1.60. The maximum Gasteiger partial charge on any atom is 0.309 e. The van der Waals surface area contributed by atoms with Crippen LogP contribution in [0.25, 0.3) is 0 Å². The summed E-state index contributed by atoms with van der Waals surface area (Å²) in [6.07, 6.45) is 0.0287. The van der Waals surface area contributed by atoms with E-state index in [9.17, 15) is 4.79 Å². The first-order valence-electron chi connectivity index (χ1n) is 5.46. The highest BCUT2D eigenvalue weighted by molar-refractivity contribution is 7.11. The van der Waals surface area contributed by atoms with Crippen molar-refractivity contribution in [2.75, 3.05) is 13.1 Å². The third kappa shape index (κ3) is 3.57. The summed E-state index contributed by atoms with van der Waals surface area (Å²) in [5.74, 6) is -0.814.